The van der Waals surface area contributed by atoms with Gasteiger partial charge in [-0.25, -0.2) is 4.98 Å². The lowest BCUT2D eigenvalue weighted by atomic mass is 9.98. The van der Waals surface area contributed by atoms with Gasteiger partial charge in [0, 0.05) is 24.5 Å². The Labute approximate surface area is 97.2 Å². The summed E-state index contributed by atoms with van der Waals surface area (Å²) in [5.41, 5.74) is 1.10. The molecule has 1 heterocycles. The summed E-state index contributed by atoms with van der Waals surface area (Å²) in [6.07, 6.45) is 5.90. The molecule has 1 fully saturated rings. The molecule has 1 aromatic heterocycles. The molecule has 16 heavy (non-hydrogen) atoms. The van der Waals surface area contributed by atoms with E-state index < -0.39 is 0 Å². The van der Waals surface area contributed by atoms with Crippen LogP contribution in [0, 0.1) is 11.8 Å². The third-order valence-electron chi connectivity index (χ3n) is 3.55. The molecule has 0 saturated heterocycles. The Morgan fingerprint density at radius 2 is 2.38 bits per heavy atom. The van der Waals surface area contributed by atoms with Crippen LogP contribution in [0.1, 0.15) is 26.2 Å². The molecular formula is C13H20N2O. The van der Waals surface area contributed by atoms with E-state index in [0.29, 0.717) is 5.88 Å². The van der Waals surface area contributed by atoms with Crippen molar-refractivity contribution < 1.29 is 4.74 Å². The number of nitrogens with one attached hydrogen (secondary N) is 1. The van der Waals surface area contributed by atoms with Gasteiger partial charge in [-0.2, -0.15) is 0 Å². The Morgan fingerprint density at radius 1 is 1.50 bits per heavy atom. The van der Waals surface area contributed by atoms with Crippen LogP contribution >= 0.6 is 0 Å². The first-order valence-electron chi connectivity index (χ1n) is 6.03. The number of pyridine rings is 1. The molecule has 1 aromatic rings. The molecule has 1 aliphatic carbocycles. The highest BCUT2D eigenvalue weighted by Gasteiger charge is 2.22. The van der Waals surface area contributed by atoms with Crippen molar-refractivity contribution in [2.24, 2.45) is 11.8 Å². The number of anilines is 1. The number of ether oxygens (including phenoxy) is 1. The SMILES string of the molecule is COc1cc(NCC2CCCC2C)ccn1. The molecule has 3 nitrogen and oxygen atoms in total. The third-order valence-corrected chi connectivity index (χ3v) is 3.55. The number of aromatic nitrogens is 1. The fraction of sp³-hybridized carbons (Fsp3) is 0.615. The Balaban J connectivity index is 1.88. The van der Waals surface area contributed by atoms with E-state index >= 15 is 0 Å². The Bertz CT molecular complexity index is 340. The first-order valence-corrected chi connectivity index (χ1v) is 6.03. The fourth-order valence-electron chi connectivity index (χ4n) is 2.41. The second-order valence-electron chi connectivity index (χ2n) is 4.64. The molecule has 0 spiro atoms. The zero-order valence-electron chi connectivity index (χ0n) is 10.1. The van der Waals surface area contributed by atoms with Gasteiger partial charge in [0.1, 0.15) is 0 Å². The zero-order valence-corrected chi connectivity index (χ0v) is 10.1. The van der Waals surface area contributed by atoms with E-state index in [1.807, 2.05) is 12.1 Å². The summed E-state index contributed by atoms with van der Waals surface area (Å²) in [5, 5.41) is 3.47. The zero-order chi connectivity index (χ0) is 11.4. The number of hydrogen-bond donors (Lipinski definition) is 1. The molecule has 0 radical (unpaired) electrons. The predicted octanol–water partition coefficient (Wildman–Crippen LogP) is 2.94. The first kappa shape index (κ1) is 11.2. The van der Waals surface area contributed by atoms with Gasteiger partial charge in [0.15, 0.2) is 0 Å². The minimum atomic E-state index is 0.671. The number of rotatable bonds is 4. The van der Waals surface area contributed by atoms with Crippen molar-refractivity contribution in [1.82, 2.24) is 4.98 Å². The summed E-state index contributed by atoms with van der Waals surface area (Å²) >= 11 is 0. The molecule has 0 aliphatic heterocycles. The third kappa shape index (κ3) is 2.65. The van der Waals surface area contributed by atoms with Crippen molar-refractivity contribution >= 4 is 5.69 Å². The number of methoxy groups -OCH3 is 1. The molecule has 1 aliphatic rings. The van der Waals surface area contributed by atoms with Crippen LogP contribution in [0.4, 0.5) is 5.69 Å². The van der Waals surface area contributed by atoms with E-state index in [0.717, 1.165) is 24.1 Å². The van der Waals surface area contributed by atoms with Crippen LogP contribution in [0.2, 0.25) is 0 Å². The summed E-state index contributed by atoms with van der Waals surface area (Å²) in [6.45, 7) is 3.42. The van der Waals surface area contributed by atoms with Gasteiger partial charge in [-0.15, -0.1) is 0 Å². The first-order chi connectivity index (χ1) is 7.79. The highest BCUT2D eigenvalue weighted by molar-refractivity contribution is 5.44. The fourth-order valence-corrected chi connectivity index (χ4v) is 2.41. The molecule has 0 aromatic carbocycles. The summed E-state index contributed by atoms with van der Waals surface area (Å²) in [4.78, 5) is 4.09. The normalized spacial score (nSPS) is 24.4. The Morgan fingerprint density at radius 3 is 3.06 bits per heavy atom. The number of nitrogens with zero attached hydrogens (tertiary/aromatic N) is 1. The number of hydrogen-bond acceptors (Lipinski definition) is 3. The van der Waals surface area contributed by atoms with Crippen LogP contribution in [-0.2, 0) is 0 Å². The molecule has 2 atom stereocenters. The topological polar surface area (TPSA) is 34.1 Å². The van der Waals surface area contributed by atoms with Crippen LogP contribution in [0.5, 0.6) is 5.88 Å². The molecule has 2 unspecified atom stereocenters. The van der Waals surface area contributed by atoms with Crippen LogP contribution in [0.25, 0.3) is 0 Å². The van der Waals surface area contributed by atoms with Gasteiger partial charge in [0.25, 0.3) is 0 Å². The summed E-state index contributed by atoms with van der Waals surface area (Å²) in [5.74, 6) is 2.35. The molecule has 0 bridgehead atoms. The summed E-state index contributed by atoms with van der Waals surface area (Å²) in [7, 11) is 1.64. The van der Waals surface area contributed by atoms with Crippen LogP contribution in [0.3, 0.4) is 0 Å². The molecule has 1 saturated carbocycles. The van der Waals surface area contributed by atoms with Gasteiger partial charge in [0.2, 0.25) is 5.88 Å². The maximum atomic E-state index is 5.10. The Hall–Kier alpha value is -1.25. The lowest BCUT2D eigenvalue weighted by Gasteiger charge is -2.16. The summed E-state index contributed by atoms with van der Waals surface area (Å²) < 4.78 is 5.10. The Kier molecular flexibility index (Phi) is 3.65. The van der Waals surface area contributed by atoms with Crippen molar-refractivity contribution in [3.05, 3.63) is 18.3 Å². The van der Waals surface area contributed by atoms with E-state index in [2.05, 4.69) is 17.2 Å². The van der Waals surface area contributed by atoms with Crippen molar-refractivity contribution in [3.8, 4) is 5.88 Å². The van der Waals surface area contributed by atoms with Crippen LogP contribution in [0.15, 0.2) is 18.3 Å². The largest absolute Gasteiger partial charge is 0.481 e. The van der Waals surface area contributed by atoms with Gasteiger partial charge in [-0.05, 0) is 24.3 Å². The second-order valence-corrected chi connectivity index (χ2v) is 4.64. The lowest BCUT2D eigenvalue weighted by Crippen LogP contribution is -2.16. The van der Waals surface area contributed by atoms with Gasteiger partial charge < -0.3 is 10.1 Å². The highest BCUT2D eigenvalue weighted by atomic mass is 16.5. The van der Waals surface area contributed by atoms with Crippen molar-refractivity contribution in [2.75, 3.05) is 19.0 Å². The maximum Gasteiger partial charge on any atom is 0.214 e. The molecular weight excluding hydrogens is 200 g/mol. The van der Waals surface area contributed by atoms with Gasteiger partial charge in [-0.1, -0.05) is 19.8 Å². The van der Waals surface area contributed by atoms with Crippen molar-refractivity contribution in [2.45, 2.75) is 26.2 Å². The predicted molar refractivity (Wildman–Crippen MR) is 65.8 cm³/mol. The van der Waals surface area contributed by atoms with Crippen LogP contribution in [-0.4, -0.2) is 18.6 Å². The van der Waals surface area contributed by atoms with Gasteiger partial charge in [0.05, 0.1) is 7.11 Å². The molecule has 1 N–H and O–H groups in total. The lowest BCUT2D eigenvalue weighted by molar-refractivity contribution is 0.398. The van der Waals surface area contributed by atoms with E-state index in [-0.39, 0.29) is 0 Å². The average molecular weight is 220 g/mol. The van der Waals surface area contributed by atoms with E-state index in [9.17, 15) is 0 Å². The monoisotopic (exact) mass is 220 g/mol. The van der Waals surface area contributed by atoms with Gasteiger partial charge in [-0.3, -0.25) is 0 Å². The van der Waals surface area contributed by atoms with Crippen LogP contribution < -0.4 is 10.1 Å². The smallest absolute Gasteiger partial charge is 0.214 e. The minimum Gasteiger partial charge on any atom is -0.481 e. The van der Waals surface area contributed by atoms with Crippen molar-refractivity contribution in [1.29, 1.82) is 0 Å². The molecule has 3 heteroatoms. The van der Waals surface area contributed by atoms with Gasteiger partial charge >= 0.3 is 0 Å². The molecule has 0 amide bonds. The molecule has 2 rings (SSSR count). The van der Waals surface area contributed by atoms with E-state index in [1.54, 1.807) is 13.3 Å². The molecule has 88 valence electrons. The van der Waals surface area contributed by atoms with E-state index in [1.165, 1.54) is 19.3 Å². The second kappa shape index (κ2) is 5.19. The van der Waals surface area contributed by atoms with E-state index in [4.69, 9.17) is 4.74 Å². The summed E-state index contributed by atoms with van der Waals surface area (Å²) in [6, 6.07) is 3.93. The quantitative estimate of drug-likeness (QED) is 0.847. The van der Waals surface area contributed by atoms with Crippen molar-refractivity contribution in [3.63, 3.8) is 0 Å². The average Bonchev–Trinajstić information content (AvgIpc) is 2.72. The highest BCUT2D eigenvalue weighted by Crippen LogP contribution is 2.31. The standard InChI is InChI=1S/C13H20N2O/c1-10-4-3-5-11(10)9-15-12-6-7-14-13(8-12)16-2/h6-8,10-11H,3-5,9H2,1-2H3,(H,14,15). The maximum absolute atomic E-state index is 5.10. The minimum absolute atomic E-state index is 0.671.